The molecule has 0 atom stereocenters. The van der Waals surface area contributed by atoms with Gasteiger partial charge < -0.3 is 16.4 Å². The lowest BCUT2D eigenvalue weighted by atomic mass is 10.2. The van der Waals surface area contributed by atoms with Gasteiger partial charge in [-0.1, -0.05) is 35.3 Å². The minimum atomic E-state index is -0.684. The number of benzene rings is 2. The second-order valence-corrected chi connectivity index (χ2v) is 4.91. The van der Waals surface area contributed by atoms with Crippen molar-refractivity contribution in [1.29, 1.82) is 0 Å². The van der Waals surface area contributed by atoms with Gasteiger partial charge in [0, 0.05) is 11.4 Å². The molecule has 7 heteroatoms. The Bertz CT molecular complexity index is 704. The van der Waals surface area contributed by atoms with Gasteiger partial charge in [-0.25, -0.2) is 4.79 Å². The molecule has 0 aliphatic heterocycles. The number of rotatable bonds is 3. The van der Waals surface area contributed by atoms with Gasteiger partial charge in [-0.2, -0.15) is 0 Å². The van der Waals surface area contributed by atoms with E-state index in [1.54, 1.807) is 42.5 Å². The molecule has 0 heterocycles. The van der Waals surface area contributed by atoms with Crippen LogP contribution in [0.5, 0.6) is 0 Å². The van der Waals surface area contributed by atoms with E-state index in [9.17, 15) is 9.59 Å². The Morgan fingerprint density at radius 1 is 0.952 bits per heavy atom. The number of amides is 3. The monoisotopic (exact) mass is 323 g/mol. The highest BCUT2D eigenvalue weighted by Crippen LogP contribution is 2.26. The van der Waals surface area contributed by atoms with Gasteiger partial charge in [0.2, 0.25) is 0 Å². The van der Waals surface area contributed by atoms with Gasteiger partial charge in [-0.3, -0.25) is 4.79 Å². The quantitative estimate of drug-likeness (QED) is 0.803. The summed E-state index contributed by atoms with van der Waals surface area (Å²) in [5, 5.41) is 5.57. The van der Waals surface area contributed by atoms with E-state index in [0.717, 1.165) is 0 Å². The van der Waals surface area contributed by atoms with Crippen molar-refractivity contribution in [2.75, 3.05) is 10.6 Å². The standard InChI is InChI=1S/C14H11Cl2N3O2/c15-11-6-2-5-10(12(11)16)13(20)18-8-3-1-4-9(7-8)19-14(17)21/h1-7H,(H,18,20)(H3,17,19,21). The molecule has 0 aliphatic carbocycles. The molecular weight excluding hydrogens is 313 g/mol. The molecule has 0 fully saturated rings. The zero-order valence-corrected chi connectivity index (χ0v) is 12.2. The molecule has 0 saturated carbocycles. The highest BCUT2D eigenvalue weighted by Gasteiger charge is 2.12. The molecule has 0 unspecified atom stereocenters. The van der Waals surface area contributed by atoms with E-state index in [1.807, 2.05) is 0 Å². The van der Waals surface area contributed by atoms with E-state index in [0.29, 0.717) is 16.4 Å². The Morgan fingerprint density at radius 2 is 1.57 bits per heavy atom. The van der Waals surface area contributed by atoms with Crippen LogP contribution in [0.25, 0.3) is 0 Å². The first-order valence-corrected chi connectivity index (χ1v) is 6.65. The van der Waals surface area contributed by atoms with Gasteiger partial charge in [0.25, 0.3) is 5.91 Å². The predicted octanol–water partition coefficient (Wildman–Crippen LogP) is 3.74. The van der Waals surface area contributed by atoms with Gasteiger partial charge in [0.15, 0.2) is 0 Å². The van der Waals surface area contributed by atoms with Crippen LogP contribution in [0.1, 0.15) is 10.4 Å². The molecule has 2 aromatic rings. The molecule has 21 heavy (non-hydrogen) atoms. The van der Waals surface area contributed by atoms with Gasteiger partial charge in [0.1, 0.15) is 0 Å². The third-order valence-corrected chi connectivity index (χ3v) is 3.40. The molecular formula is C14H11Cl2N3O2. The summed E-state index contributed by atoms with van der Waals surface area (Å²) in [6, 6.07) is 10.7. The summed E-state index contributed by atoms with van der Waals surface area (Å²) in [5.41, 5.74) is 6.25. The lowest BCUT2D eigenvalue weighted by Gasteiger charge is -2.09. The van der Waals surface area contributed by atoms with Gasteiger partial charge in [-0.15, -0.1) is 0 Å². The van der Waals surface area contributed by atoms with Crippen molar-refractivity contribution in [2.24, 2.45) is 5.73 Å². The maximum Gasteiger partial charge on any atom is 0.316 e. The zero-order valence-electron chi connectivity index (χ0n) is 10.7. The maximum atomic E-state index is 12.2. The predicted molar refractivity (Wildman–Crippen MR) is 84.1 cm³/mol. The van der Waals surface area contributed by atoms with E-state index >= 15 is 0 Å². The van der Waals surface area contributed by atoms with Crippen molar-refractivity contribution in [3.05, 3.63) is 58.1 Å². The van der Waals surface area contributed by atoms with Crippen LogP contribution >= 0.6 is 23.2 Å². The second kappa shape index (κ2) is 6.47. The third-order valence-electron chi connectivity index (χ3n) is 2.58. The molecule has 108 valence electrons. The normalized spacial score (nSPS) is 10.0. The van der Waals surface area contributed by atoms with Crippen LogP contribution in [0.15, 0.2) is 42.5 Å². The number of carbonyl (C=O) groups is 2. The number of hydrogen-bond acceptors (Lipinski definition) is 2. The Morgan fingerprint density at radius 3 is 2.24 bits per heavy atom. The molecule has 0 bridgehead atoms. The van der Waals surface area contributed by atoms with Crippen molar-refractivity contribution >= 4 is 46.5 Å². The van der Waals surface area contributed by atoms with Crippen LogP contribution in [-0.4, -0.2) is 11.9 Å². The summed E-state index contributed by atoms with van der Waals surface area (Å²) in [5.74, 6) is -0.404. The summed E-state index contributed by atoms with van der Waals surface area (Å²) in [7, 11) is 0. The summed E-state index contributed by atoms with van der Waals surface area (Å²) in [4.78, 5) is 23.0. The molecule has 0 aromatic heterocycles. The lowest BCUT2D eigenvalue weighted by Crippen LogP contribution is -2.19. The maximum absolute atomic E-state index is 12.2. The fraction of sp³-hybridized carbons (Fsp3) is 0. The third kappa shape index (κ3) is 3.87. The Hall–Kier alpha value is -2.24. The van der Waals surface area contributed by atoms with Crippen molar-refractivity contribution in [1.82, 2.24) is 0 Å². The molecule has 3 amide bonds. The lowest BCUT2D eigenvalue weighted by molar-refractivity contribution is 0.102. The van der Waals surface area contributed by atoms with E-state index in [2.05, 4.69) is 10.6 Å². The summed E-state index contributed by atoms with van der Waals surface area (Å²) >= 11 is 11.9. The van der Waals surface area contributed by atoms with Crippen LogP contribution in [0.4, 0.5) is 16.2 Å². The number of urea groups is 1. The minimum absolute atomic E-state index is 0.183. The topological polar surface area (TPSA) is 84.2 Å². The van der Waals surface area contributed by atoms with Gasteiger partial charge in [0.05, 0.1) is 15.6 Å². The molecule has 0 saturated heterocycles. The van der Waals surface area contributed by atoms with Crippen LogP contribution in [0.3, 0.4) is 0 Å². The average Bonchev–Trinajstić information content (AvgIpc) is 2.41. The van der Waals surface area contributed by atoms with Crippen LogP contribution in [0.2, 0.25) is 10.0 Å². The molecule has 0 spiro atoms. The number of nitrogens with two attached hydrogens (primary N) is 1. The first-order valence-electron chi connectivity index (χ1n) is 5.89. The number of halogens is 2. The van der Waals surface area contributed by atoms with Crippen molar-refractivity contribution in [3.63, 3.8) is 0 Å². The van der Waals surface area contributed by atoms with E-state index in [4.69, 9.17) is 28.9 Å². The zero-order chi connectivity index (χ0) is 15.4. The number of anilines is 2. The molecule has 5 nitrogen and oxygen atoms in total. The average molecular weight is 324 g/mol. The van der Waals surface area contributed by atoms with Crippen LogP contribution < -0.4 is 16.4 Å². The van der Waals surface area contributed by atoms with Gasteiger partial charge >= 0.3 is 6.03 Å². The van der Waals surface area contributed by atoms with E-state index < -0.39 is 11.9 Å². The highest BCUT2D eigenvalue weighted by atomic mass is 35.5. The molecule has 2 aromatic carbocycles. The SMILES string of the molecule is NC(=O)Nc1cccc(NC(=O)c2cccc(Cl)c2Cl)c1. The van der Waals surface area contributed by atoms with Crippen molar-refractivity contribution in [3.8, 4) is 0 Å². The number of nitrogens with one attached hydrogen (secondary N) is 2. The summed E-state index contributed by atoms with van der Waals surface area (Å²) in [6.07, 6.45) is 0. The van der Waals surface area contributed by atoms with E-state index in [-0.39, 0.29) is 10.6 Å². The molecule has 0 aliphatic rings. The van der Waals surface area contributed by atoms with E-state index in [1.165, 1.54) is 0 Å². The van der Waals surface area contributed by atoms with Crippen molar-refractivity contribution in [2.45, 2.75) is 0 Å². The number of primary amides is 1. The van der Waals surface area contributed by atoms with Crippen LogP contribution in [0, 0.1) is 0 Å². The molecule has 2 rings (SSSR count). The number of hydrogen-bond donors (Lipinski definition) is 3. The van der Waals surface area contributed by atoms with Gasteiger partial charge in [-0.05, 0) is 30.3 Å². The Balaban J connectivity index is 2.20. The Kier molecular flexibility index (Phi) is 4.67. The smallest absolute Gasteiger partial charge is 0.316 e. The highest BCUT2D eigenvalue weighted by molar-refractivity contribution is 6.44. The largest absolute Gasteiger partial charge is 0.351 e. The van der Waals surface area contributed by atoms with Crippen LogP contribution in [-0.2, 0) is 0 Å². The molecule has 4 N–H and O–H groups in total. The first-order chi connectivity index (χ1) is 9.97. The second-order valence-electron chi connectivity index (χ2n) is 4.13. The fourth-order valence-electron chi connectivity index (χ4n) is 1.69. The minimum Gasteiger partial charge on any atom is -0.351 e. The van der Waals surface area contributed by atoms with Crippen molar-refractivity contribution < 1.29 is 9.59 Å². The Labute approximate surface area is 131 Å². The summed E-state index contributed by atoms with van der Waals surface area (Å²) in [6.45, 7) is 0. The first kappa shape index (κ1) is 15.2. The summed E-state index contributed by atoms with van der Waals surface area (Å²) < 4.78 is 0. The number of carbonyl (C=O) groups excluding carboxylic acids is 2. The fourth-order valence-corrected chi connectivity index (χ4v) is 2.08. The molecule has 0 radical (unpaired) electrons.